The second kappa shape index (κ2) is 6.62. The molecule has 1 atom stereocenters. The van der Waals surface area contributed by atoms with E-state index in [1.54, 1.807) is 13.8 Å². The highest BCUT2D eigenvalue weighted by Gasteiger charge is 2.41. The van der Waals surface area contributed by atoms with Crippen molar-refractivity contribution in [3.05, 3.63) is 0 Å². The lowest BCUT2D eigenvalue weighted by Crippen LogP contribution is -2.50. The minimum atomic E-state index is -0.875. The molecule has 2 saturated heterocycles. The Morgan fingerprint density at radius 1 is 1.48 bits per heavy atom. The number of aliphatic imine (C=N–C) groups is 1. The van der Waals surface area contributed by atoms with Gasteiger partial charge in [-0.3, -0.25) is 9.59 Å². The minimum Gasteiger partial charge on any atom is -0.481 e. The third kappa shape index (κ3) is 3.85. The van der Waals surface area contributed by atoms with Gasteiger partial charge in [-0.25, -0.2) is 0 Å². The molecular weight excluding hydrogens is 296 g/mol. The van der Waals surface area contributed by atoms with Crippen molar-refractivity contribution < 1.29 is 14.7 Å². The molecule has 2 aliphatic heterocycles. The Hall–Kier alpha value is -1.34. The molecule has 2 fully saturated rings. The van der Waals surface area contributed by atoms with Crippen LogP contribution in [0.4, 0.5) is 0 Å². The van der Waals surface area contributed by atoms with Crippen molar-refractivity contribution in [2.24, 2.45) is 10.4 Å². The molecule has 0 radical (unpaired) electrons. The Labute approximate surface area is 130 Å². The van der Waals surface area contributed by atoms with E-state index < -0.39 is 11.4 Å². The Balaban J connectivity index is 0.00000220. The van der Waals surface area contributed by atoms with E-state index in [9.17, 15) is 14.7 Å². The summed E-state index contributed by atoms with van der Waals surface area (Å²) in [5, 5.41) is 12.6. The molecule has 2 heterocycles. The normalized spacial score (nSPS) is 23.8. The molecule has 0 aliphatic carbocycles. The van der Waals surface area contributed by atoms with E-state index in [-0.39, 0.29) is 24.4 Å². The first-order valence-electron chi connectivity index (χ1n) is 6.86. The van der Waals surface area contributed by atoms with Gasteiger partial charge in [-0.1, -0.05) is 0 Å². The van der Waals surface area contributed by atoms with Gasteiger partial charge in [-0.15, -0.1) is 12.4 Å². The van der Waals surface area contributed by atoms with Crippen LogP contribution in [0.3, 0.4) is 0 Å². The van der Waals surface area contributed by atoms with Crippen LogP contribution in [0.1, 0.15) is 20.8 Å². The van der Waals surface area contributed by atoms with Gasteiger partial charge in [0.05, 0.1) is 11.5 Å². The number of nitrogens with zero attached hydrogens (tertiary/aromatic N) is 3. The summed E-state index contributed by atoms with van der Waals surface area (Å²) in [6, 6.07) is 0.256. The number of nitrogens with one attached hydrogen (secondary N) is 1. The number of fused-ring (bicyclic) bond motifs is 1. The molecule has 0 bridgehead atoms. The van der Waals surface area contributed by atoms with Gasteiger partial charge in [0.15, 0.2) is 0 Å². The minimum absolute atomic E-state index is 0. The largest absolute Gasteiger partial charge is 0.481 e. The zero-order valence-corrected chi connectivity index (χ0v) is 13.4. The molecule has 21 heavy (non-hydrogen) atoms. The summed E-state index contributed by atoms with van der Waals surface area (Å²) in [5.74, 6) is -0.474. The maximum absolute atomic E-state index is 11.3. The number of piperazine rings is 1. The number of carboxylic acid groups (broad SMARTS) is 1. The first-order valence-corrected chi connectivity index (χ1v) is 6.86. The third-order valence-electron chi connectivity index (χ3n) is 3.74. The number of carbonyl (C=O) groups excluding carboxylic acids is 1. The number of carboxylic acids is 1. The van der Waals surface area contributed by atoms with Gasteiger partial charge in [0.25, 0.3) is 0 Å². The summed E-state index contributed by atoms with van der Waals surface area (Å²) >= 11 is 0. The predicted molar refractivity (Wildman–Crippen MR) is 81.7 cm³/mol. The monoisotopic (exact) mass is 318 g/mol. The van der Waals surface area contributed by atoms with Gasteiger partial charge in [0.1, 0.15) is 0 Å². The van der Waals surface area contributed by atoms with E-state index in [2.05, 4.69) is 15.2 Å². The number of hydrogen-bond acceptors (Lipinski definition) is 3. The lowest BCUT2D eigenvalue weighted by Gasteiger charge is -2.31. The van der Waals surface area contributed by atoms with Crippen LogP contribution in [0.25, 0.3) is 0 Å². The SMILES string of the molecule is CC(=O)/N=C1/N(CC(C)(C)C(=O)O)CC2CNCCN12.Cl. The van der Waals surface area contributed by atoms with Gasteiger partial charge >= 0.3 is 5.97 Å². The first-order chi connectivity index (χ1) is 9.31. The lowest BCUT2D eigenvalue weighted by molar-refractivity contribution is -0.147. The number of amides is 1. The van der Waals surface area contributed by atoms with Crippen LogP contribution in [0.15, 0.2) is 4.99 Å². The van der Waals surface area contributed by atoms with Crippen molar-refractivity contribution in [3.63, 3.8) is 0 Å². The van der Waals surface area contributed by atoms with E-state index in [0.717, 1.165) is 19.6 Å². The fourth-order valence-electron chi connectivity index (χ4n) is 2.66. The molecule has 0 aromatic carbocycles. The number of guanidine groups is 1. The number of hydrogen-bond donors (Lipinski definition) is 2. The molecule has 2 N–H and O–H groups in total. The molecule has 2 rings (SSSR count). The average molecular weight is 319 g/mol. The second-order valence-electron chi connectivity index (χ2n) is 6.05. The molecule has 0 spiro atoms. The Bertz CT molecular complexity index is 453. The van der Waals surface area contributed by atoms with E-state index >= 15 is 0 Å². The predicted octanol–water partition coefficient (Wildman–Crippen LogP) is 0.0109. The molecule has 8 heteroatoms. The van der Waals surface area contributed by atoms with Crippen molar-refractivity contribution in [1.29, 1.82) is 0 Å². The van der Waals surface area contributed by atoms with Crippen molar-refractivity contribution >= 4 is 30.2 Å². The summed E-state index contributed by atoms with van der Waals surface area (Å²) in [7, 11) is 0. The van der Waals surface area contributed by atoms with E-state index in [0.29, 0.717) is 19.0 Å². The molecule has 7 nitrogen and oxygen atoms in total. The maximum atomic E-state index is 11.3. The van der Waals surface area contributed by atoms with Crippen molar-refractivity contribution in [3.8, 4) is 0 Å². The van der Waals surface area contributed by atoms with E-state index in [1.807, 2.05) is 4.90 Å². The molecule has 1 amide bonds. The van der Waals surface area contributed by atoms with Crippen LogP contribution in [-0.4, -0.2) is 71.5 Å². The molecule has 1 unspecified atom stereocenters. The smallest absolute Gasteiger partial charge is 0.310 e. The number of rotatable bonds is 3. The van der Waals surface area contributed by atoms with Crippen LogP contribution in [0, 0.1) is 5.41 Å². The summed E-state index contributed by atoms with van der Waals surface area (Å²) in [4.78, 5) is 30.8. The molecule has 0 aromatic heterocycles. The standard InChI is InChI=1S/C13H22N4O3.ClH/c1-9(18)15-12-16(8-13(2,3)11(19)20)7-10-6-14-4-5-17(10)12;/h10,14H,4-8H2,1-3H3,(H,19,20);1H/b15-12-;. The first kappa shape index (κ1) is 17.7. The van der Waals surface area contributed by atoms with Crippen LogP contribution in [-0.2, 0) is 9.59 Å². The van der Waals surface area contributed by atoms with Crippen LogP contribution >= 0.6 is 12.4 Å². The van der Waals surface area contributed by atoms with Gasteiger partial charge in [-0.05, 0) is 13.8 Å². The Morgan fingerprint density at radius 2 is 2.14 bits per heavy atom. The maximum Gasteiger partial charge on any atom is 0.310 e. The van der Waals surface area contributed by atoms with Gasteiger partial charge < -0.3 is 20.2 Å². The molecule has 0 aromatic rings. The molecule has 0 saturated carbocycles. The fourth-order valence-corrected chi connectivity index (χ4v) is 2.66. The van der Waals surface area contributed by atoms with Crippen molar-refractivity contribution in [2.75, 3.05) is 32.7 Å². The van der Waals surface area contributed by atoms with Crippen LogP contribution in [0.5, 0.6) is 0 Å². The molecule has 2 aliphatic rings. The van der Waals surface area contributed by atoms with Crippen LogP contribution in [0.2, 0.25) is 0 Å². The summed E-state index contributed by atoms with van der Waals surface area (Å²) < 4.78 is 0. The topological polar surface area (TPSA) is 85.2 Å². The third-order valence-corrected chi connectivity index (χ3v) is 3.74. The summed E-state index contributed by atoms with van der Waals surface area (Å²) in [6.45, 7) is 8.33. The fraction of sp³-hybridized carbons (Fsp3) is 0.769. The van der Waals surface area contributed by atoms with Gasteiger partial charge in [0, 0.05) is 39.6 Å². The van der Waals surface area contributed by atoms with Gasteiger partial charge in [-0.2, -0.15) is 4.99 Å². The highest BCUT2D eigenvalue weighted by Crippen LogP contribution is 2.24. The van der Waals surface area contributed by atoms with E-state index in [4.69, 9.17) is 0 Å². The highest BCUT2D eigenvalue weighted by molar-refractivity contribution is 5.94. The summed E-state index contributed by atoms with van der Waals surface area (Å²) in [5.41, 5.74) is -0.875. The Kier molecular flexibility index (Phi) is 5.58. The van der Waals surface area contributed by atoms with Crippen molar-refractivity contribution in [1.82, 2.24) is 15.1 Å². The zero-order chi connectivity index (χ0) is 14.9. The quantitative estimate of drug-likeness (QED) is 0.762. The summed E-state index contributed by atoms with van der Waals surface area (Å²) in [6.07, 6.45) is 0. The zero-order valence-electron chi connectivity index (χ0n) is 12.6. The van der Waals surface area contributed by atoms with E-state index in [1.165, 1.54) is 6.92 Å². The highest BCUT2D eigenvalue weighted by atomic mass is 35.5. The van der Waals surface area contributed by atoms with Crippen LogP contribution < -0.4 is 5.32 Å². The number of carbonyl (C=O) groups is 2. The number of halogens is 1. The Morgan fingerprint density at radius 3 is 2.71 bits per heavy atom. The lowest BCUT2D eigenvalue weighted by atomic mass is 9.93. The van der Waals surface area contributed by atoms with Crippen molar-refractivity contribution in [2.45, 2.75) is 26.8 Å². The second-order valence-corrected chi connectivity index (χ2v) is 6.05. The molecule has 120 valence electrons. The molecular formula is C13H23ClN4O3. The van der Waals surface area contributed by atoms with Gasteiger partial charge in [0.2, 0.25) is 11.9 Å². The average Bonchev–Trinajstić information content (AvgIpc) is 2.66. The number of aliphatic carboxylic acids is 1.